The minimum Gasteiger partial charge on any atom is -0.320 e. The van der Waals surface area contributed by atoms with Crippen LogP contribution in [0.5, 0.6) is 0 Å². The van der Waals surface area contributed by atoms with Crippen molar-refractivity contribution in [2.75, 3.05) is 0 Å². The standard InChI is InChI=1S/C12H11BrFNS/c1-7-3-2-4-8(11(7)14)12(15)9-5-16-6-10(9)13/h2-6,12H,15H2,1H3. The van der Waals surface area contributed by atoms with Gasteiger partial charge in [0.1, 0.15) is 5.82 Å². The van der Waals surface area contributed by atoms with Gasteiger partial charge in [0.25, 0.3) is 0 Å². The molecule has 16 heavy (non-hydrogen) atoms. The van der Waals surface area contributed by atoms with E-state index in [2.05, 4.69) is 15.9 Å². The summed E-state index contributed by atoms with van der Waals surface area (Å²) in [7, 11) is 0. The number of hydrogen-bond acceptors (Lipinski definition) is 2. The SMILES string of the molecule is Cc1cccc(C(N)c2cscc2Br)c1F. The molecule has 4 heteroatoms. The van der Waals surface area contributed by atoms with Crippen molar-refractivity contribution in [1.29, 1.82) is 0 Å². The maximum atomic E-state index is 13.9. The summed E-state index contributed by atoms with van der Waals surface area (Å²) in [6.07, 6.45) is 0. The Hall–Kier alpha value is -0.710. The minimum absolute atomic E-state index is 0.215. The third-order valence-electron chi connectivity index (χ3n) is 2.53. The highest BCUT2D eigenvalue weighted by molar-refractivity contribution is 9.10. The molecule has 0 aliphatic rings. The first-order valence-corrected chi connectivity index (χ1v) is 6.57. The van der Waals surface area contributed by atoms with Crippen molar-refractivity contribution < 1.29 is 4.39 Å². The quantitative estimate of drug-likeness (QED) is 0.891. The fourth-order valence-electron chi connectivity index (χ4n) is 1.59. The largest absolute Gasteiger partial charge is 0.320 e. The summed E-state index contributed by atoms with van der Waals surface area (Å²) in [6.45, 7) is 1.74. The molecule has 2 rings (SSSR count). The Kier molecular flexibility index (Phi) is 3.42. The summed E-state index contributed by atoms with van der Waals surface area (Å²) in [5, 5.41) is 3.89. The monoisotopic (exact) mass is 299 g/mol. The smallest absolute Gasteiger partial charge is 0.131 e. The first kappa shape index (κ1) is 11.8. The molecular formula is C12H11BrFNS. The second-order valence-electron chi connectivity index (χ2n) is 3.63. The molecule has 1 nitrogen and oxygen atoms in total. The normalized spacial score (nSPS) is 12.8. The second-order valence-corrected chi connectivity index (χ2v) is 5.23. The van der Waals surface area contributed by atoms with Crippen LogP contribution >= 0.6 is 27.3 Å². The molecule has 84 valence electrons. The number of aryl methyl sites for hydroxylation is 1. The number of rotatable bonds is 2. The third kappa shape index (κ3) is 2.05. The predicted octanol–water partition coefficient (Wildman–Crippen LogP) is 4.01. The molecule has 2 N–H and O–H groups in total. The average molecular weight is 300 g/mol. The van der Waals surface area contributed by atoms with E-state index in [9.17, 15) is 4.39 Å². The van der Waals surface area contributed by atoms with E-state index in [-0.39, 0.29) is 5.82 Å². The summed E-state index contributed by atoms with van der Waals surface area (Å²) in [5.74, 6) is -0.215. The van der Waals surface area contributed by atoms with Crippen molar-refractivity contribution in [2.45, 2.75) is 13.0 Å². The molecule has 0 saturated heterocycles. The van der Waals surface area contributed by atoms with Crippen LogP contribution < -0.4 is 5.73 Å². The van der Waals surface area contributed by atoms with Crippen LogP contribution in [0.25, 0.3) is 0 Å². The predicted molar refractivity (Wildman–Crippen MR) is 69.2 cm³/mol. The lowest BCUT2D eigenvalue weighted by atomic mass is 10.00. The number of hydrogen-bond donors (Lipinski definition) is 1. The molecule has 0 amide bonds. The Balaban J connectivity index is 2.46. The highest BCUT2D eigenvalue weighted by Gasteiger charge is 2.17. The molecule has 0 spiro atoms. The summed E-state index contributed by atoms with van der Waals surface area (Å²) in [5.41, 5.74) is 8.16. The van der Waals surface area contributed by atoms with E-state index in [1.807, 2.05) is 16.8 Å². The van der Waals surface area contributed by atoms with Gasteiger partial charge in [0, 0.05) is 15.4 Å². The first-order chi connectivity index (χ1) is 7.61. The molecule has 1 aromatic heterocycles. The van der Waals surface area contributed by atoms with Crippen LogP contribution in [0.1, 0.15) is 22.7 Å². The van der Waals surface area contributed by atoms with Gasteiger partial charge in [-0.3, -0.25) is 0 Å². The Bertz CT molecular complexity index is 509. The maximum absolute atomic E-state index is 13.9. The van der Waals surface area contributed by atoms with Crippen LogP contribution in [0.2, 0.25) is 0 Å². The van der Waals surface area contributed by atoms with Crippen molar-refractivity contribution in [3.63, 3.8) is 0 Å². The second kappa shape index (κ2) is 4.65. The van der Waals surface area contributed by atoms with Gasteiger partial charge in [-0.2, -0.15) is 11.3 Å². The number of thiophene rings is 1. The summed E-state index contributed by atoms with van der Waals surface area (Å²) in [6, 6.07) is 4.89. The van der Waals surface area contributed by atoms with E-state index < -0.39 is 6.04 Å². The Morgan fingerprint density at radius 2 is 2.06 bits per heavy atom. The lowest BCUT2D eigenvalue weighted by molar-refractivity contribution is 0.591. The zero-order chi connectivity index (χ0) is 11.7. The van der Waals surface area contributed by atoms with Crippen LogP contribution in [-0.4, -0.2) is 0 Å². The molecule has 0 aliphatic carbocycles. The fraction of sp³-hybridized carbons (Fsp3) is 0.167. The van der Waals surface area contributed by atoms with Gasteiger partial charge in [0.2, 0.25) is 0 Å². The highest BCUT2D eigenvalue weighted by Crippen LogP contribution is 2.31. The van der Waals surface area contributed by atoms with Crippen LogP contribution in [0.4, 0.5) is 4.39 Å². The van der Waals surface area contributed by atoms with Gasteiger partial charge in [0.15, 0.2) is 0 Å². The zero-order valence-corrected chi connectivity index (χ0v) is 11.1. The number of halogens is 2. The van der Waals surface area contributed by atoms with Crippen molar-refractivity contribution >= 4 is 27.3 Å². The molecule has 0 aliphatic heterocycles. The molecule has 1 unspecified atom stereocenters. The molecule has 0 bridgehead atoms. The molecule has 1 atom stereocenters. The third-order valence-corrected chi connectivity index (χ3v) is 4.29. The highest BCUT2D eigenvalue weighted by atomic mass is 79.9. The summed E-state index contributed by atoms with van der Waals surface area (Å²) in [4.78, 5) is 0. The van der Waals surface area contributed by atoms with Crippen molar-refractivity contribution in [2.24, 2.45) is 5.73 Å². The van der Waals surface area contributed by atoms with E-state index in [1.54, 1.807) is 30.4 Å². The fourth-order valence-corrected chi connectivity index (χ4v) is 3.17. The van der Waals surface area contributed by atoms with Crippen LogP contribution in [-0.2, 0) is 0 Å². The minimum atomic E-state index is -0.416. The van der Waals surface area contributed by atoms with Crippen molar-refractivity contribution in [3.8, 4) is 0 Å². The Labute approximate surface area is 106 Å². The molecule has 1 aromatic carbocycles. The summed E-state index contributed by atoms with van der Waals surface area (Å²) >= 11 is 4.97. The van der Waals surface area contributed by atoms with Crippen LogP contribution in [0.15, 0.2) is 33.4 Å². The van der Waals surface area contributed by atoms with Gasteiger partial charge < -0.3 is 5.73 Å². The first-order valence-electron chi connectivity index (χ1n) is 4.83. The van der Waals surface area contributed by atoms with Gasteiger partial charge in [-0.15, -0.1) is 0 Å². The lowest BCUT2D eigenvalue weighted by Crippen LogP contribution is -2.13. The van der Waals surface area contributed by atoms with Crippen LogP contribution in [0, 0.1) is 12.7 Å². The zero-order valence-electron chi connectivity index (χ0n) is 8.71. The molecule has 1 heterocycles. The summed E-state index contributed by atoms with van der Waals surface area (Å²) < 4.78 is 14.8. The van der Waals surface area contributed by atoms with E-state index in [0.29, 0.717) is 11.1 Å². The van der Waals surface area contributed by atoms with Crippen molar-refractivity contribution in [1.82, 2.24) is 0 Å². The van der Waals surface area contributed by atoms with E-state index in [0.717, 1.165) is 10.0 Å². The lowest BCUT2D eigenvalue weighted by Gasteiger charge is -2.13. The maximum Gasteiger partial charge on any atom is 0.131 e. The number of benzene rings is 1. The van der Waals surface area contributed by atoms with Gasteiger partial charge >= 0.3 is 0 Å². The van der Waals surface area contributed by atoms with E-state index in [4.69, 9.17) is 5.73 Å². The van der Waals surface area contributed by atoms with Crippen LogP contribution in [0.3, 0.4) is 0 Å². The molecule has 2 aromatic rings. The Morgan fingerprint density at radius 3 is 2.69 bits per heavy atom. The Morgan fingerprint density at radius 1 is 1.31 bits per heavy atom. The van der Waals surface area contributed by atoms with Crippen molar-refractivity contribution in [3.05, 3.63) is 55.9 Å². The van der Waals surface area contributed by atoms with E-state index in [1.165, 1.54) is 0 Å². The van der Waals surface area contributed by atoms with Gasteiger partial charge in [-0.1, -0.05) is 18.2 Å². The molecule has 0 saturated carbocycles. The molecule has 0 radical (unpaired) electrons. The topological polar surface area (TPSA) is 26.0 Å². The molecular weight excluding hydrogens is 289 g/mol. The average Bonchev–Trinajstić information content (AvgIpc) is 2.68. The van der Waals surface area contributed by atoms with E-state index >= 15 is 0 Å². The number of nitrogens with two attached hydrogens (primary N) is 1. The van der Waals surface area contributed by atoms with Gasteiger partial charge in [-0.05, 0) is 39.4 Å². The molecule has 0 fully saturated rings. The van der Waals surface area contributed by atoms with Gasteiger partial charge in [-0.25, -0.2) is 4.39 Å². The van der Waals surface area contributed by atoms with Gasteiger partial charge in [0.05, 0.1) is 6.04 Å².